The van der Waals surface area contributed by atoms with Crippen LogP contribution in [0.15, 0.2) is 24.3 Å². The molecule has 1 fully saturated rings. The molecule has 1 aromatic rings. The van der Waals surface area contributed by atoms with Gasteiger partial charge >= 0.3 is 0 Å². The largest absolute Gasteiger partial charge is 0.389 e. The van der Waals surface area contributed by atoms with Crippen molar-refractivity contribution in [1.29, 1.82) is 0 Å². The molecule has 0 radical (unpaired) electrons. The van der Waals surface area contributed by atoms with Gasteiger partial charge in [-0.3, -0.25) is 4.79 Å². The number of amides is 1. The second kappa shape index (κ2) is 5.27. The lowest BCUT2D eigenvalue weighted by molar-refractivity contribution is 0.0727. The van der Waals surface area contributed by atoms with Gasteiger partial charge in [0.25, 0.3) is 5.91 Å². The van der Waals surface area contributed by atoms with E-state index in [0.717, 1.165) is 12.0 Å². The van der Waals surface area contributed by atoms with Crippen LogP contribution in [-0.2, 0) is 4.74 Å². The quantitative estimate of drug-likeness (QED) is 0.825. The van der Waals surface area contributed by atoms with Crippen molar-refractivity contribution in [3.8, 4) is 0 Å². The Morgan fingerprint density at radius 2 is 2.00 bits per heavy atom. The van der Waals surface area contributed by atoms with Gasteiger partial charge in [-0.05, 0) is 32.4 Å². The van der Waals surface area contributed by atoms with E-state index >= 15 is 0 Å². The van der Waals surface area contributed by atoms with Crippen LogP contribution in [0.5, 0.6) is 0 Å². The minimum Gasteiger partial charge on any atom is -0.389 e. The number of ether oxygens (including phenoxy) is 1. The molecule has 0 bridgehead atoms. The Hall–Kier alpha value is -1.46. The van der Waals surface area contributed by atoms with Crippen LogP contribution in [0.1, 0.15) is 36.2 Å². The number of carbonyl (C=O) groups excluding carboxylic acids is 1. The maximum atomic E-state index is 12.2. The molecule has 0 saturated carbocycles. The van der Waals surface area contributed by atoms with Gasteiger partial charge < -0.3 is 15.8 Å². The molecular formula is C14H18N2O2S. The van der Waals surface area contributed by atoms with Crippen LogP contribution >= 0.6 is 12.2 Å². The zero-order valence-corrected chi connectivity index (χ0v) is 11.9. The lowest BCUT2D eigenvalue weighted by atomic mass is 9.94. The van der Waals surface area contributed by atoms with E-state index in [-0.39, 0.29) is 17.6 Å². The molecule has 102 valence electrons. The number of hydrogen-bond donors (Lipinski definition) is 2. The molecule has 0 spiro atoms. The van der Waals surface area contributed by atoms with Gasteiger partial charge in [0.05, 0.1) is 11.6 Å². The molecule has 1 aliphatic heterocycles. The molecule has 1 heterocycles. The Balaban J connectivity index is 2.10. The van der Waals surface area contributed by atoms with E-state index in [9.17, 15) is 4.79 Å². The van der Waals surface area contributed by atoms with Gasteiger partial charge in [0.1, 0.15) is 4.99 Å². The smallest absolute Gasteiger partial charge is 0.251 e. The summed E-state index contributed by atoms with van der Waals surface area (Å²) in [6.07, 6.45) is 0.845. The van der Waals surface area contributed by atoms with Crippen LogP contribution in [-0.4, -0.2) is 29.1 Å². The van der Waals surface area contributed by atoms with Crippen molar-refractivity contribution in [2.75, 3.05) is 6.61 Å². The zero-order chi connectivity index (χ0) is 14.0. The second-order valence-electron chi connectivity index (χ2n) is 5.08. The summed E-state index contributed by atoms with van der Waals surface area (Å²) in [5, 5.41) is 3.04. The van der Waals surface area contributed by atoms with Crippen molar-refractivity contribution in [2.45, 2.75) is 31.9 Å². The van der Waals surface area contributed by atoms with Crippen molar-refractivity contribution < 1.29 is 9.53 Å². The lowest BCUT2D eigenvalue weighted by Crippen LogP contribution is -2.50. The fourth-order valence-electron chi connectivity index (χ4n) is 2.12. The minimum atomic E-state index is -0.307. The SMILES string of the molecule is CC1OCCC1(C)NC(=O)c1ccc(C(N)=S)cc1. The molecule has 3 N–H and O–H groups in total. The molecule has 4 nitrogen and oxygen atoms in total. The number of benzene rings is 1. The van der Waals surface area contributed by atoms with Gasteiger partial charge in [-0.1, -0.05) is 24.4 Å². The van der Waals surface area contributed by atoms with E-state index < -0.39 is 0 Å². The van der Waals surface area contributed by atoms with Gasteiger partial charge in [-0.15, -0.1) is 0 Å². The van der Waals surface area contributed by atoms with Crippen LogP contribution in [0, 0.1) is 0 Å². The van der Waals surface area contributed by atoms with E-state index in [1.54, 1.807) is 24.3 Å². The van der Waals surface area contributed by atoms with Crippen molar-refractivity contribution in [1.82, 2.24) is 5.32 Å². The Morgan fingerprint density at radius 1 is 1.42 bits per heavy atom. The van der Waals surface area contributed by atoms with Gasteiger partial charge in [-0.25, -0.2) is 0 Å². The van der Waals surface area contributed by atoms with Crippen molar-refractivity contribution in [2.24, 2.45) is 5.73 Å². The fourth-order valence-corrected chi connectivity index (χ4v) is 2.25. The van der Waals surface area contributed by atoms with Crippen LogP contribution < -0.4 is 11.1 Å². The molecule has 2 rings (SSSR count). The summed E-state index contributed by atoms with van der Waals surface area (Å²) < 4.78 is 5.51. The Bertz CT molecular complexity index is 501. The van der Waals surface area contributed by atoms with Gasteiger partial charge in [0.2, 0.25) is 0 Å². The highest BCUT2D eigenvalue weighted by molar-refractivity contribution is 7.80. The zero-order valence-electron chi connectivity index (χ0n) is 11.1. The topological polar surface area (TPSA) is 64.3 Å². The maximum absolute atomic E-state index is 12.2. The molecule has 1 saturated heterocycles. The molecule has 2 unspecified atom stereocenters. The number of carbonyl (C=O) groups is 1. The molecular weight excluding hydrogens is 260 g/mol. The summed E-state index contributed by atoms with van der Waals surface area (Å²) in [7, 11) is 0. The predicted molar refractivity (Wildman–Crippen MR) is 78.2 cm³/mol. The van der Waals surface area contributed by atoms with Crippen molar-refractivity contribution >= 4 is 23.1 Å². The van der Waals surface area contributed by atoms with E-state index in [1.807, 2.05) is 13.8 Å². The molecule has 1 aromatic carbocycles. The Morgan fingerprint density at radius 3 is 2.47 bits per heavy atom. The summed E-state index contributed by atoms with van der Waals surface area (Å²) >= 11 is 4.88. The predicted octanol–water partition coefficient (Wildman–Crippen LogP) is 1.62. The number of thiocarbonyl (C=S) groups is 1. The highest BCUT2D eigenvalue weighted by Gasteiger charge is 2.38. The number of rotatable bonds is 3. The third kappa shape index (κ3) is 2.93. The molecule has 5 heteroatoms. The van der Waals surface area contributed by atoms with Gasteiger partial charge in [0.15, 0.2) is 0 Å². The van der Waals surface area contributed by atoms with Crippen LogP contribution in [0.3, 0.4) is 0 Å². The molecule has 19 heavy (non-hydrogen) atoms. The van der Waals surface area contributed by atoms with Crippen molar-refractivity contribution in [3.05, 3.63) is 35.4 Å². The monoisotopic (exact) mass is 278 g/mol. The molecule has 1 aliphatic rings. The first-order valence-electron chi connectivity index (χ1n) is 6.26. The third-order valence-electron chi connectivity index (χ3n) is 3.72. The normalized spacial score (nSPS) is 26.1. The van der Waals surface area contributed by atoms with Crippen LogP contribution in [0.2, 0.25) is 0 Å². The third-order valence-corrected chi connectivity index (χ3v) is 3.95. The van der Waals surface area contributed by atoms with E-state index in [1.165, 1.54) is 0 Å². The first-order valence-corrected chi connectivity index (χ1v) is 6.67. The fraction of sp³-hybridized carbons (Fsp3) is 0.429. The van der Waals surface area contributed by atoms with Gasteiger partial charge in [0, 0.05) is 17.7 Å². The highest BCUT2D eigenvalue weighted by atomic mass is 32.1. The van der Waals surface area contributed by atoms with Crippen LogP contribution in [0.25, 0.3) is 0 Å². The minimum absolute atomic E-state index is 0.0207. The van der Waals surface area contributed by atoms with Gasteiger partial charge in [-0.2, -0.15) is 0 Å². The van der Waals surface area contributed by atoms with E-state index in [2.05, 4.69) is 5.32 Å². The number of nitrogens with one attached hydrogen (secondary N) is 1. The molecule has 2 atom stereocenters. The number of hydrogen-bond acceptors (Lipinski definition) is 3. The average molecular weight is 278 g/mol. The Labute approximate surface area is 118 Å². The highest BCUT2D eigenvalue weighted by Crippen LogP contribution is 2.25. The van der Waals surface area contributed by atoms with E-state index in [0.29, 0.717) is 17.2 Å². The molecule has 1 amide bonds. The lowest BCUT2D eigenvalue weighted by Gasteiger charge is -2.28. The average Bonchev–Trinajstić information content (AvgIpc) is 2.69. The maximum Gasteiger partial charge on any atom is 0.251 e. The summed E-state index contributed by atoms with van der Waals surface area (Å²) in [5.74, 6) is -0.102. The molecule has 0 aliphatic carbocycles. The van der Waals surface area contributed by atoms with Crippen LogP contribution in [0.4, 0.5) is 0 Å². The number of nitrogens with two attached hydrogens (primary N) is 1. The summed E-state index contributed by atoms with van der Waals surface area (Å²) in [6, 6.07) is 6.98. The standard InChI is InChI=1S/C14H18N2O2S/c1-9-14(2,7-8-18-9)16-13(17)11-5-3-10(4-6-11)12(15)19/h3-6,9H,7-8H2,1-2H3,(H2,15,19)(H,16,17). The summed E-state index contributed by atoms with van der Waals surface area (Å²) in [6.45, 7) is 4.66. The summed E-state index contributed by atoms with van der Waals surface area (Å²) in [4.78, 5) is 12.5. The Kier molecular flexibility index (Phi) is 3.87. The first kappa shape index (κ1) is 14.0. The first-order chi connectivity index (χ1) is 8.92. The second-order valence-corrected chi connectivity index (χ2v) is 5.52. The summed E-state index contributed by atoms with van der Waals surface area (Å²) in [5.41, 5.74) is 6.58. The van der Waals surface area contributed by atoms with Crippen molar-refractivity contribution in [3.63, 3.8) is 0 Å². The van der Waals surface area contributed by atoms with E-state index in [4.69, 9.17) is 22.7 Å². The molecule has 0 aromatic heterocycles.